The summed E-state index contributed by atoms with van der Waals surface area (Å²) < 4.78 is 6.43. The maximum Gasteiger partial charge on any atom is 0.155 e. The van der Waals surface area contributed by atoms with Crippen molar-refractivity contribution in [3.8, 4) is 33.9 Å². The molecular weight excluding hydrogens is 1830 g/mol. The number of aryl methyl sites for hydroxylation is 4. The van der Waals surface area contributed by atoms with E-state index in [0.717, 1.165) is 28.3 Å². The van der Waals surface area contributed by atoms with Gasteiger partial charge in [0.1, 0.15) is 25.3 Å². The molecule has 86 heavy (non-hydrogen) atoms. The van der Waals surface area contributed by atoms with Gasteiger partial charge in [0.25, 0.3) is 0 Å². The quantitative estimate of drug-likeness (QED) is 0.0595. The molecule has 0 amide bonds. The number of benzene rings is 3. The molecule has 24 nitrogen and oxygen atoms in total. The molecule has 0 saturated carbocycles. The third kappa shape index (κ3) is 35.9. The number of carbonyl (C=O) groups is 4. The van der Waals surface area contributed by atoms with Crippen LogP contribution in [0.15, 0.2) is 170 Å². The molecule has 9 rings (SSSR count). The van der Waals surface area contributed by atoms with Gasteiger partial charge < -0.3 is 30.4 Å². The number of aliphatic hydroxyl groups is 4. The Balaban J connectivity index is -0.000000937. The first-order chi connectivity index (χ1) is 39.0. The molecule has 28 heteroatoms. The maximum absolute atomic E-state index is 10.0. The number of hydrogen-bond acceptors (Lipinski definition) is 20. The van der Waals surface area contributed by atoms with Crippen molar-refractivity contribution >= 4 is 23.1 Å². The van der Waals surface area contributed by atoms with Crippen molar-refractivity contribution < 1.29 is 123 Å². The van der Waals surface area contributed by atoms with Crippen molar-refractivity contribution in [1.82, 2.24) is 80.1 Å². The van der Waals surface area contributed by atoms with Crippen LogP contribution in [0.25, 0.3) is 33.9 Å². The number of rotatable bonds is 9. The van der Waals surface area contributed by atoms with Crippen LogP contribution in [0.2, 0.25) is 0 Å². The van der Waals surface area contributed by atoms with Crippen LogP contribution in [0.4, 0.5) is 0 Å². The van der Waals surface area contributed by atoms with E-state index in [4.69, 9.17) is 20.4 Å². The van der Waals surface area contributed by atoms with Crippen molar-refractivity contribution in [2.24, 2.45) is 0 Å². The van der Waals surface area contributed by atoms with Crippen LogP contribution in [0.1, 0.15) is 77.6 Å². The van der Waals surface area contributed by atoms with E-state index in [-0.39, 0.29) is 129 Å². The Morgan fingerprint density at radius 1 is 0.500 bits per heavy atom. The van der Waals surface area contributed by atoms with E-state index >= 15 is 0 Å². The summed E-state index contributed by atoms with van der Waals surface area (Å²) in [6.07, 6.45) is 20.8. The molecule has 0 saturated heterocycles. The Morgan fingerprint density at radius 3 is 1.38 bits per heavy atom. The normalized spacial score (nSPS) is 10.1. The number of carbonyl (C=O) groups excluding carboxylic acids is 4. The Bertz CT molecular complexity index is 3230. The van der Waals surface area contributed by atoms with E-state index in [9.17, 15) is 19.2 Å². The van der Waals surface area contributed by atoms with E-state index in [1.807, 2.05) is 31.3 Å². The number of tetrazole rings is 2. The van der Waals surface area contributed by atoms with Crippen LogP contribution in [0, 0.1) is 52.0 Å². The predicted molar refractivity (Wildman–Crippen MR) is 305 cm³/mol. The van der Waals surface area contributed by atoms with Gasteiger partial charge in [-0.1, -0.05) is 84.4 Å². The number of aliphatic hydroxyl groups excluding tert-OH is 4. The van der Waals surface area contributed by atoms with Crippen molar-refractivity contribution in [1.29, 1.82) is 0 Å². The summed E-state index contributed by atoms with van der Waals surface area (Å²) in [5.41, 5.74) is 10.8. The van der Waals surface area contributed by atoms with Crippen LogP contribution in [0.3, 0.4) is 0 Å². The molecule has 1 radical (unpaired) electrons. The number of hydrogen-bond donors (Lipinski definition) is 4. The molecule has 0 fully saturated rings. The van der Waals surface area contributed by atoms with Crippen LogP contribution in [-0.4, -0.2) is 124 Å². The third-order valence-corrected chi connectivity index (χ3v) is 9.17. The van der Waals surface area contributed by atoms with Gasteiger partial charge in [-0.2, -0.15) is 65.3 Å². The average molecular weight is 1890 g/mol. The zero-order chi connectivity index (χ0) is 61.0. The van der Waals surface area contributed by atoms with E-state index in [2.05, 4.69) is 137 Å². The molecule has 6 aromatic heterocycles. The van der Waals surface area contributed by atoms with Crippen LogP contribution in [0.5, 0.6) is 0 Å². The minimum absolute atomic E-state index is 0. The molecule has 0 aliphatic carbocycles. The largest absolute Gasteiger partial charge is 0.512 e. The molecule has 467 valence electrons. The molecule has 0 aliphatic rings. The first kappa shape index (κ1) is 82.1. The predicted octanol–water partition coefficient (Wildman–Crippen LogP) is 8.89. The fraction of sp³-hybridized carbons (Fsp3) is 0.207. The molecule has 0 unspecified atom stereocenters. The Labute approximate surface area is 555 Å². The van der Waals surface area contributed by atoms with E-state index < -0.39 is 0 Å². The summed E-state index contributed by atoms with van der Waals surface area (Å²) >= 11 is 0. The third-order valence-electron chi connectivity index (χ3n) is 9.17. The Kier molecular flexibility index (Phi) is 44.2. The summed E-state index contributed by atoms with van der Waals surface area (Å²) in [6.45, 7) is 19.8. The first-order valence-corrected chi connectivity index (χ1v) is 24.4. The number of aromatic nitrogens is 16. The number of ketones is 4. The second-order valence-corrected chi connectivity index (χ2v) is 17.0. The van der Waals surface area contributed by atoms with Gasteiger partial charge in [-0.3, -0.25) is 19.2 Å². The summed E-state index contributed by atoms with van der Waals surface area (Å²) in [5.74, 6) is -0.250. The Hall–Kier alpha value is -8.07. The fourth-order valence-electron chi connectivity index (χ4n) is 6.25. The average Bonchev–Trinajstić information content (AvgIpc) is 3.07. The van der Waals surface area contributed by atoms with Crippen molar-refractivity contribution in [2.75, 3.05) is 0 Å². The molecule has 4 N–H and O–H groups in total. The van der Waals surface area contributed by atoms with Gasteiger partial charge in [0.15, 0.2) is 23.1 Å². The molecule has 6 heterocycles. The van der Waals surface area contributed by atoms with Crippen molar-refractivity contribution in [3.63, 3.8) is 0 Å². The maximum atomic E-state index is 10.0. The molecule has 0 spiro atoms. The zero-order valence-corrected chi connectivity index (χ0v) is 57.9. The smallest absolute Gasteiger partial charge is 0.155 e. The van der Waals surface area contributed by atoms with Gasteiger partial charge in [-0.25, -0.2) is 29.8 Å². The van der Waals surface area contributed by atoms with Crippen LogP contribution < -0.4 is 0 Å². The van der Waals surface area contributed by atoms with Gasteiger partial charge in [-0.15, -0.1) is 32.5 Å². The first-order valence-electron chi connectivity index (χ1n) is 24.4. The molecule has 0 atom stereocenters. The van der Waals surface area contributed by atoms with Gasteiger partial charge in [0, 0.05) is 114 Å². The minimum atomic E-state index is -0.125. The monoisotopic (exact) mass is 1890 g/mol. The van der Waals surface area contributed by atoms with E-state index in [1.165, 1.54) is 136 Å². The second-order valence-electron chi connectivity index (χ2n) is 17.0. The summed E-state index contributed by atoms with van der Waals surface area (Å²) in [4.78, 5) is 51.7. The molecule has 0 aliphatic heterocycles. The fourth-order valence-corrected chi connectivity index (χ4v) is 6.25. The molecule has 9 aromatic rings. The number of nitrogens with zero attached hydrogens (tertiary/aromatic N) is 16. The van der Waals surface area contributed by atoms with Crippen molar-refractivity contribution in [2.45, 2.75) is 83.1 Å². The van der Waals surface area contributed by atoms with Crippen LogP contribution in [-0.2, 0) is 102 Å². The SMILES string of the molecule is CC(=O)C=C(C)O.CC(=O)C=C(C)O.CC(=O)C=C(C)O.CC(=O)C=C(C)O.Cc1c[c-]c(-n2ccnn2)c(C)c1.Cc1cccc(C)c1-c1c[c-]c(-n2cncn2)cc1.[Ir].[Pt].[Pt].[Pt].[c-]1ccncc1-n1cnnn1.[c-]1cnccc1-n1cnnn1. The molecular formula is C58H64IrN16O8Pt3-4. The van der Waals surface area contributed by atoms with E-state index in [1.54, 1.807) is 58.8 Å². The number of allylic oxidation sites excluding steroid dienone is 8. The molecule has 0 bridgehead atoms. The van der Waals surface area contributed by atoms with Gasteiger partial charge >= 0.3 is 0 Å². The minimum Gasteiger partial charge on any atom is -0.512 e. The van der Waals surface area contributed by atoms with Crippen LogP contribution >= 0.6 is 0 Å². The topological polar surface area (TPSA) is 324 Å². The van der Waals surface area contributed by atoms with Crippen molar-refractivity contribution in [3.05, 3.63) is 217 Å². The molecule has 3 aromatic carbocycles. The van der Waals surface area contributed by atoms with E-state index in [0.29, 0.717) is 0 Å². The Morgan fingerprint density at radius 2 is 1.02 bits per heavy atom. The van der Waals surface area contributed by atoms with Gasteiger partial charge in [0.2, 0.25) is 0 Å². The number of pyridine rings is 2. The van der Waals surface area contributed by atoms with Gasteiger partial charge in [0.05, 0.1) is 29.2 Å². The summed E-state index contributed by atoms with van der Waals surface area (Å²) in [7, 11) is 0. The van der Waals surface area contributed by atoms with Gasteiger partial charge in [-0.05, 0) is 107 Å². The summed E-state index contributed by atoms with van der Waals surface area (Å²) in [5, 5.41) is 66.5. The standard InChI is InChI=1S/C16H14N3.C10H10N3.2C6H4N5.4C5H8O2.Ir.3Pt/c1-12-4-3-5-13(2)16(12)14-6-8-15(9-7-14)19-11-17-10-18-19;1-8-3-4-10(9(2)7-8)13-6-5-11-12-13;1-3-7-4-2-6(1)11-5-8-9-10-11;1-2-6(4-7-3-1)11-5-8-9-10-11;4*1-4(6)3-5(2)7;;;;/h3-8,10-11H,1-2H3;3,5-7H,1-2H3;2*1,3-5H;4*3,6H,1-2H3;;;;/q4*-1;;;;;;;;. The summed E-state index contributed by atoms with van der Waals surface area (Å²) in [6, 6.07) is 32.2. The zero-order valence-electron chi connectivity index (χ0n) is 48.7. The second kappa shape index (κ2) is 46.3.